The fraction of sp³-hybridized carbons (Fsp3) is 0.300. The average Bonchev–Trinajstić information content (AvgIpc) is 2.54. The first-order chi connectivity index (χ1) is 7.42. The molecule has 1 aromatic carbocycles. The minimum Gasteiger partial charge on any atom is -0.368 e. The maximum Gasteiger partial charge on any atom is 0.269 e. The number of nitro benzene ring substituents is 1. The maximum absolute atomic E-state index is 11.2. The highest BCUT2D eigenvalue weighted by molar-refractivity contribution is 5.86. The van der Waals surface area contributed by atoms with Gasteiger partial charge >= 0.3 is 0 Å². The van der Waals surface area contributed by atoms with E-state index in [9.17, 15) is 14.9 Å². The summed E-state index contributed by atoms with van der Waals surface area (Å²) in [4.78, 5) is 21.3. The first-order valence-corrected chi connectivity index (χ1v) is 4.77. The predicted molar refractivity (Wildman–Crippen MR) is 56.6 cm³/mol. The fourth-order valence-electron chi connectivity index (χ4n) is 1.98. The van der Waals surface area contributed by atoms with Gasteiger partial charge in [0, 0.05) is 18.6 Å². The van der Waals surface area contributed by atoms with E-state index in [1.54, 1.807) is 6.07 Å². The van der Waals surface area contributed by atoms with Crippen molar-refractivity contribution in [2.45, 2.75) is 18.4 Å². The van der Waals surface area contributed by atoms with E-state index in [0.29, 0.717) is 6.42 Å². The molecule has 4 N–H and O–H groups in total. The van der Waals surface area contributed by atoms with E-state index in [4.69, 9.17) is 11.5 Å². The predicted octanol–water partition coefficient (Wildman–Crippen LogP) is -0.124. The van der Waals surface area contributed by atoms with Crippen LogP contribution in [0.5, 0.6) is 0 Å². The van der Waals surface area contributed by atoms with E-state index in [-0.39, 0.29) is 12.1 Å². The molecule has 0 heterocycles. The zero-order valence-electron chi connectivity index (χ0n) is 8.47. The zero-order chi connectivity index (χ0) is 11.9. The summed E-state index contributed by atoms with van der Waals surface area (Å²) in [6.45, 7) is 0. The second-order valence-electron chi connectivity index (χ2n) is 4.08. The van der Waals surface area contributed by atoms with Gasteiger partial charge in [0.15, 0.2) is 0 Å². The van der Waals surface area contributed by atoms with Crippen LogP contribution >= 0.6 is 0 Å². The van der Waals surface area contributed by atoms with Gasteiger partial charge in [-0.3, -0.25) is 14.9 Å². The summed E-state index contributed by atoms with van der Waals surface area (Å²) >= 11 is 0. The third-order valence-electron chi connectivity index (χ3n) is 2.90. The molecule has 0 aromatic heterocycles. The van der Waals surface area contributed by atoms with Crippen molar-refractivity contribution in [3.63, 3.8) is 0 Å². The van der Waals surface area contributed by atoms with Gasteiger partial charge in [-0.1, -0.05) is 6.07 Å². The first kappa shape index (κ1) is 10.6. The smallest absolute Gasteiger partial charge is 0.269 e. The SMILES string of the molecule is NC(=O)[C@]1(N)Cc2ccc([N+](=O)[O-])cc2C1. The van der Waals surface area contributed by atoms with Gasteiger partial charge in [0.2, 0.25) is 5.91 Å². The van der Waals surface area contributed by atoms with Crippen LogP contribution in [0.15, 0.2) is 18.2 Å². The van der Waals surface area contributed by atoms with Gasteiger partial charge in [0.05, 0.1) is 4.92 Å². The highest BCUT2D eigenvalue weighted by atomic mass is 16.6. The van der Waals surface area contributed by atoms with Gasteiger partial charge in [-0.15, -0.1) is 0 Å². The van der Waals surface area contributed by atoms with Crippen molar-refractivity contribution in [1.29, 1.82) is 0 Å². The quantitative estimate of drug-likeness (QED) is 0.535. The van der Waals surface area contributed by atoms with E-state index < -0.39 is 16.4 Å². The topological polar surface area (TPSA) is 112 Å². The van der Waals surface area contributed by atoms with Crippen LogP contribution in [0.2, 0.25) is 0 Å². The number of non-ortho nitro benzene ring substituents is 1. The average molecular weight is 221 g/mol. The lowest BCUT2D eigenvalue weighted by molar-refractivity contribution is -0.384. The number of rotatable bonds is 2. The molecule has 1 aliphatic rings. The summed E-state index contributed by atoms with van der Waals surface area (Å²) in [5.74, 6) is -0.577. The molecule has 1 aliphatic carbocycles. The number of fused-ring (bicyclic) bond motifs is 1. The van der Waals surface area contributed by atoms with Crippen molar-refractivity contribution in [1.82, 2.24) is 0 Å². The normalized spacial score (nSPS) is 22.8. The van der Waals surface area contributed by atoms with Crippen LogP contribution < -0.4 is 11.5 Å². The second kappa shape index (κ2) is 3.28. The summed E-state index contributed by atoms with van der Waals surface area (Å²) in [7, 11) is 0. The standard InChI is InChI=1S/C10H11N3O3/c11-9(14)10(12)4-6-1-2-8(13(15)16)3-7(6)5-10/h1-3H,4-5,12H2,(H2,11,14)/t10-/m0/s1. The van der Waals surface area contributed by atoms with Gasteiger partial charge in [-0.2, -0.15) is 0 Å². The fourth-order valence-corrected chi connectivity index (χ4v) is 1.98. The number of primary amides is 1. The Bertz CT molecular complexity index is 486. The number of amides is 1. The van der Waals surface area contributed by atoms with Crippen molar-refractivity contribution in [2.75, 3.05) is 0 Å². The van der Waals surface area contributed by atoms with E-state index in [0.717, 1.165) is 11.1 Å². The molecule has 0 aliphatic heterocycles. The third-order valence-corrected chi connectivity index (χ3v) is 2.90. The van der Waals surface area contributed by atoms with Crippen LogP contribution in [-0.2, 0) is 17.6 Å². The molecule has 16 heavy (non-hydrogen) atoms. The molecule has 0 saturated carbocycles. The summed E-state index contributed by atoms with van der Waals surface area (Å²) in [5, 5.41) is 10.6. The Morgan fingerprint density at radius 2 is 2.00 bits per heavy atom. The van der Waals surface area contributed by atoms with Crippen molar-refractivity contribution in [2.24, 2.45) is 11.5 Å². The largest absolute Gasteiger partial charge is 0.368 e. The number of nitrogens with two attached hydrogens (primary N) is 2. The summed E-state index contributed by atoms with van der Waals surface area (Å²) < 4.78 is 0. The second-order valence-corrected chi connectivity index (χ2v) is 4.08. The Labute approximate surface area is 91.4 Å². The molecule has 0 radical (unpaired) electrons. The van der Waals surface area contributed by atoms with Crippen LogP contribution in [0.25, 0.3) is 0 Å². The first-order valence-electron chi connectivity index (χ1n) is 4.77. The van der Waals surface area contributed by atoms with E-state index in [1.807, 2.05) is 0 Å². The van der Waals surface area contributed by atoms with Gasteiger partial charge in [0.25, 0.3) is 5.69 Å². The summed E-state index contributed by atoms with van der Waals surface area (Å²) in [6.07, 6.45) is 0.606. The van der Waals surface area contributed by atoms with Crippen molar-refractivity contribution >= 4 is 11.6 Å². The van der Waals surface area contributed by atoms with E-state index in [1.165, 1.54) is 12.1 Å². The molecule has 6 heteroatoms. The van der Waals surface area contributed by atoms with Gasteiger partial charge in [-0.25, -0.2) is 0 Å². The number of benzene rings is 1. The Morgan fingerprint density at radius 1 is 1.38 bits per heavy atom. The number of carbonyl (C=O) groups is 1. The number of carbonyl (C=O) groups excluding carboxylic acids is 1. The van der Waals surface area contributed by atoms with Crippen LogP contribution in [-0.4, -0.2) is 16.4 Å². The Hall–Kier alpha value is -1.95. The lowest BCUT2D eigenvalue weighted by Gasteiger charge is -2.17. The lowest BCUT2D eigenvalue weighted by atomic mass is 9.97. The number of nitrogens with zero attached hydrogens (tertiary/aromatic N) is 1. The van der Waals surface area contributed by atoms with Crippen molar-refractivity contribution < 1.29 is 9.72 Å². The minimum absolute atomic E-state index is 0.00692. The molecule has 6 nitrogen and oxygen atoms in total. The van der Waals surface area contributed by atoms with Crippen LogP contribution in [0.1, 0.15) is 11.1 Å². The molecule has 0 unspecified atom stereocenters. The monoisotopic (exact) mass is 221 g/mol. The maximum atomic E-state index is 11.2. The van der Waals surface area contributed by atoms with Gasteiger partial charge < -0.3 is 11.5 Å². The Balaban J connectivity index is 2.38. The number of hydrogen-bond donors (Lipinski definition) is 2. The highest BCUT2D eigenvalue weighted by Crippen LogP contribution is 2.30. The molecular weight excluding hydrogens is 210 g/mol. The highest BCUT2D eigenvalue weighted by Gasteiger charge is 2.39. The van der Waals surface area contributed by atoms with Crippen molar-refractivity contribution in [3.05, 3.63) is 39.4 Å². The Kier molecular flexibility index (Phi) is 2.16. The molecule has 1 atom stereocenters. The lowest BCUT2D eigenvalue weighted by Crippen LogP contribution is -2.52. The van der Waals surface area contributed by atoms with E-state index >= 15 is 0 Å². The number of nitro groups is 1. The molecule has 84 valence electrons. The molecule has 2 rings (SSSR count). The summed E-state index contributed by atoms with van der Waals surface area (Å²) in [5.41, 5.74) is 11.5. The molecule has 0 fully saturated rings. The molecule has 0 bridgehead atoms. The molecule has 1 aromatic rings. The van der Waals surface area contributed by atoms with Crippen LogP contribution in [0.4, 0.5) is 5.69 Å². The zero-order valence-corrected chi connectivity index (χ0v) is 8.47. The number of hydrogen-bond acceptors (Lipinski definition) is 4. The minimum atomic E-state index is -1.10. The van der Waals surface area contributed by atoms with Gasteiger partial charge in [0.1, 0.15) is 5.54 Å². The third kappa shape index (κ3) is 1.53. The molecule has 1 amide bonds. The van der Waals surface area contributed by atoms with Crippen molar-refractivity contribution in [3.8, 4) is 0 Å². The summed E-state index contributed by atoms with van der Waals surface area (Å²) in [6, 6.07) is 4.49. The molecule has 0 saturated heterocycles. The molecule has 0 spiro atoms. The van der Waals surface area contributed by atoms with E-state index in [2.05, 4.69) is 0 Å². The van der Waals surface area contributed by atoms with Gasteiger partial charge in [-0.05, 0) is 17.5 Å². The molecular formula is C10H11N3O3. The Morgan fingerprint density at radius 3 is 2.56 bits per heavy atom. The van der Waals surface area contributed by atoms with Crippen LogP contribution in [0, 0.1) is 10.1 Å². The van der Waals surface area contributed by atoms with Crippen LogP contribution in [0.3, 0.4) is 0 Å².